The fraction of sp³-hybridized carbons (Fsp3) is 0.360. The van der Waals surface area contributed by atoms with Gasteiger partial charge in [-0.15, -0.1) is 0 Å². The molecule has 0 aliphatic carbocycles. The summed E-state index contributed by atoms with van der Waals surface area (Å²) in [5.41, 5.74) is 1.73. The van der Waals surface area contributed by atoms with Crippen LogP contribution in [0.2, 0.25) is 5.02 Å². The summed E-state index contributed by atoms with van der Waals surface area (Å²) < 4.78 is 29.2. The Morgan fingerprint density at radius 3 is 2.42 bits per heavy atom. The monoisotopic (exact) mass is 489 g/mol. The molecule has 176 valence electrons. The smallest absolute Gasteiger partial charge is 0.339 e. The van der Waals surface area contributed by atoms with E-state index in [1.165, 1.54) is 0 Å². The van der Waals surface area contributed by atoms with Gasteiger partial charge in [-0.25, -0.2) is 13.2 Å². The van der Waals surface area contributed by atoms with Crippen molar-refractivity contribution < 1.29 is 22.7 Å². The molecule has 1 aliphatic heterocycles. The van der Waals surface area contributed by atoms with Crippen molar-refractivity contribution >= 4 is 45.0 Å². The van der Waals surface area contributed by atoms with E-state index in [9.17, 15) is 18.0 Å². The van der Waals surface area contributed by atoms with Crippen LogP contribution < -0.4 is 0 Å². The number of halogens is 1. The number of esters is 1. The average molecular weight is 490 g/mol. The molecule has 1 amide bonds. The molecular formula is C25H28ClNO5S. The number of unbranched alkanes of at least 4 members (excludes halogenated alkanes) is 1. The van der Waals surface area contributed by atoms with Gasteiger partial charge in [0.05, 0.1) is 17.1 Å². The number of ether oxygens (including phenoxy) is 1. The molecule has 1 atom stereocenters. The van der Waals surface area contributed by atoms with Crippen molar-refractivity contribution in [1.29, 1.82) is 0 Å². The maximum absolute atomic E-state index is 13.0. The van der Waals surface area contributed by atoms with Gasteiger partial charge in [-0.05, 0) is 42.2 Å². The van der Waals surface area contributed by atoms with E-state index in [-0.39, 0.29) is 23.5 Å². The molecule has 0 spiro atoms. The van der Waals surface area contributed by atoms with Crippen molar-refractivity contribution in [2.75, 3.05) is 24.7 Å². The Labute approximate surface area is 200 Å². The number of nitrogens with zero attached hydrogens (tertiary/aromatic N) is 1. The van der Waals surface area contributed by atoms with E-state index < -0.39 is 22.4 Å². The molecule has 8 heteroatoms. The molecular weight excluding hydrogens is 462 g/mol. The Bertz CT molecular complexity index is 1100. The van der Waals surface area contributed by atoms with Crippen LogP contribution >= 0.6 is 11.6 Å². The van der Waals surface area contributed by atoms with Crippen LogP contribution in [0, 0.1) is 0 Å². The Hall–Kier alpha value is -2.64. The van der Waals surface area contributed by atoms with Crippen LogP contribution in [0.1, 0.15) is 37.3 Å². The van der Waals surface area contributed by atoms with Crippen LogP contribution in [0.5, 0.6) is 0 Å². The van der Waals surface area contributed by atoms with Gasteiger partial charge in [0.1, 0.15) is 0 Å². The number of benzene rings is 2. The Morgan fingerprint density at radius 2 is 1.82 bits per heavy atom. The second-order valence-corrected chi connectivity index (χ2v) is 10.7. The first-order chi connectivity index (χ1) is 15.8. The largest absolute Gasteiger partial charge is 0.452 e. The molecule has 1 saturated heterocycles. The molecule has 1 fully saturated rings. The minimum Gasteiger partial charge on any atom is -0.452 e. The van der Waals surface area contributed by atoms with E-state index in [0.717, 1.165) is 18.4 Å². The molecule has 0 radical (unpaired) electrons. The highest BCUT2D eigenvalue weighted by Crippen LogP contribution is 2.23. The summed E-state index contributed by atoms with van der Waals surface area (Å²) in [6.07, 6.45) is 3.73. The quantitative estimate of drug-likeness (QED) is 0.299. The predicted molar refractivity (Wildman–Crippen MR) is 130 cm³/mol. The number of rotatable bonds is 9. The average Bonchev–Trinajstić information content (AvgIpc) is 3.16. The van der Waals surface area contributed by atoms with Crippen LogP contribution in [0.25, 0.3) is 11.6 Å². The maximum atomic E-state index is 13.0. The highest BCUT2D eigenvalue weighted by atomic mass is 35.5. The van der Waals surface area contributed by atoms with Crippen molar-refractivity contribution in [2.45, 2.75) is 32.2 Å². The van der Waals surface area contributed by atoms with Gasteiger partial charge in [-0.3, -0.25) is 4.79 Å². The molecule has 0 aromatic heterocycles. The SMILES string of the molecule is CCCCN(C(=O)COC(=O)/C(=C/c1ccccc1)c1ccc(Cl)cc1)C1CCS(=O)(=O)C1. The third-order valence-electron chi connectivity index (χ3n) is 5.53. The van der Waals surface area contributed by atoms with Crippen LogP contribution in [0.3, 0.4) is 0 Å². The summed E-state index contributed by atoms with van der Waals surface area (Å²) >= 11 is 5.99. The van der Waals surface area contributed by atoms with E-state index >= 15 is 0 Å². The molecule has 33 heavy (non-hydrogen) atoms. The molecule has 2 aromatic carbocycles. The molecule has 1 heterocycles. The lowest BCUT2D eigenvalue weighted by atomic mass is 10.0. The van der Waals surface area contributed by atoms with Gasteiger partial charge in [-0.2, -0.15) is 0 Å². The highest BCUT2D eigenvalue weighted by Gasteiger charge is 2.34. The zero-order chi connectivity index (χ0) is 23.8. The summed E-state index contributed by atoms with van der Waals surface area (Å²) in [6.45, 7) is 2.00. The second-order valence-electron chi connectivity index (χ2n) is 8.05. The van der Waals surface area contributed by atoms with Crippen molar-refractivity contribution in [2.24, 2.45) is 0 Å². The van der Waals surface area contributed by atoms with Crippen LogP contribution in [-0.4, -0.2) is 55.9 Å². The third kappa shape index (κ3) is 7.17. The lowest BCUT2D eigenvalue weighted by molar-refractivity contribution is -0.148. The molecule has 2 aromatic rings. The number of hydrogen-bond acceptors (Lipinski definition) is 5. The highest BCUT2D eigenvalue weighted by molar-refractivity contribution is 7.91. The fourth-order valence-corrected chi connectivity index (χ4v) is 5.61. The molecule has 6 nitrogen and oxygen atoms in total. The summed E-state index contributed by atoms with van der Waals surface area (Å²) in [4.78, 5) is 27.5. The summed E-state index contributed by atoms with van der Waals surface area (Å²) in [7, 11) is -3.14. The predicted octanol–water partition coefficient (Wildman–Crippen LogP) is 4.24. The lowest BCUT2D eigenvalue weighted by Crippen LogP contribution is -2.43. The van der Waals surface area contributed by atoms with Gasteiger partial charge < -0.3 is 9.64 Å². The molecule has 0 saturated carbocycles. The first-order valence-corrected chi connectivity index (χ1v) is 13.2. The third-order valence-corrected chi connectivity index (χ3v) is 7.54. The van der Waals surface area contributed by atoms with Gasteiger partial charge >= 0.3 is 5.97 Å². The van der Waals surface area contributed by atoms with Gasteiger partial charge in [0, 0.05) is 17.6 Å². The molecule has 1 aliphatic rings. The lowest BCUT2D eigenvalue weighted by Gasteiger charge is -2.28. The topological polar surface area (TPSA) is 80.8 Å². The number of sulfone groups is 1. The van der Waals surface area contributed by atoms with Crippen molar-refractivity contribution in [3.05, 3.63) is 70.7 Å². The van der Waals surface area contributed by atoms with Gasteiger partial charge in [0.2, 0.25) is 0 Å². The Kier molecular flexibility index (Phi) is 8.69. The first-order valence-electron chi connectivity index (χ1n) is 11.0. The summed E-state index contributed by atoms with van der Waals surface area (Å²) in [5, 5.41) is 0.541. The molecule has 1 unspecified atom stereocenters. The standard InChI is InChI=1S/C25H28ClNO5S/c1-2-3-14-27(22-13-15-33(30,31)18-22)24(28)17-32-25(29)23(16-19-7-5-4-6-8-19)20-9-11-21(26)12-10-20/h4-12,16,22H,2-3,13-15,17-18H2,1H3/b23-16+. The molecule has 0 bridgehead atoms. The first kappa shape index (κ1) is 25.0. The number of hydrogen-bond donors (Lipinski definition) is 0. The van der Waals surface area contributed by atoms with E-state index in [1.54, 1.807) is 35.2 Å². The molecule has 0 N–H and O–H groups in total. The normalized spacial score (nSPS) is 17.5. The summed E-state index contributed by atoms with van der Waals surface area (Å²) in [6, 6.07) is 15.8. The van der Waals surface area contributed by atoms with Crippen LogP contribution in [-0.2, 0) is 24.2 Å². The number of carbonyl (C=O) groups is 2. The van der Waals surface area contributed by atoms with Crippen LogP contribution in [0.4, 0.5) is 0 Å². The maximum Gasteiger partial charge on any atom is 0.339 e. The van der Waals surface area contributed by atoms with Crippen molar-refractivity contribution in [3.63, 3.8) is 0 Å². The molecule has 3 rings (SSSR count). The van der Waals surface area contributed by atoms with E-state index in [4.69, 9.17) is 16.3 Å². The van der Waals surface area contributed by atoms with Gasteiger partial charge in [0.25, 0.3) is 5.91 Å². The number of amides is 1. The van der Waals surface area contributed by atoms with Crippen molar-refractivity contribution in [3.8, 4) is 0 Å². The van der Waals surface area contributed by atoms with E-state index in [1.807, 2.05) is 37.3 Å². The minimum absolute atomic E-state index is 0.0413. The van der Waals surface area contributed by atoms with E-state index in [0.29, 0.717) is 29.1 Å². The Morgan fingerprint density at radius 1 is 1.12 bits per heavy atom. The fourth-order valence-electron chi connectivity index (χ4n) is 3.75. The number of carbonyl (C=O) groups excluding carboxylic acids is 2. The zero-order valence-corrected chi connectivity index (χ0v) is 20.1. The van der Waals surface area contributed by atoms with Gasteiger partial charge in [-0.1, -0.05) is 67.4 Å². The van der Waals surface area contributed by atoms with Crippen LogP contribution in [0.15, 0.2) is 54.6 Å². The van der Waals surface area contributed by atoms with Gasteiger partial charge in [0.15, 0.2) is 16.4 Å². The summed E-state index contributed by atoms with van der Waals surface area (Å²) in [5.74, 6) is -0.980. The zero-order valence-electron chi connectivity index (χ0n) is 18.6. The Balaban J connectivity index is 1.76. The van der Waals surface area contributed by atoms with Crippen molar-refractivity contribution in [1.82, 2.24) is 4.90 Å². The second kappa shape index (κ2) is 11.5. The minimum atomic E-state index is -3.14. The van der Waals surface area contributed by atoms with E-state index in [2.05, 4.69) is 0 Å².